The van der Waals surface area contributed by atoms with Crippen molar-refractivity contribution in [3.8, 4) is 0 Å². The van der Waals surface area contributed by atoms with Crippen molar-refractivity contribution in [2.75, 3.05) is 33.9 Å². The molecule has 6 nitrogen and oxygen atoms in total. The Hall–Kier alpha value is -1.50. The third-order valence-corrected chi connectivity index (χ3v) is 4.81. The smallest absolute Gasteiger partial charge is 0.248 e. The second-order valence-corrected chi connectivity index (χ2v) is 6.37. The van der Waals surface area contributed by atoms with Gasteiger partial charge in [-0.15, -0.1) is 0 Å². The van der Waals surface area contributed by atoms with Gasteiger partial charge < -0.3 is 14.4 Å². The van der Waals surface area contributed by atoms with Crippen LogP contribution in [0.25, 0.3) is 0 Å². The maximum absolute atomic E-state index is 12.3. The number of fused-ring (bicyclic) bond motifs is 1. The molecule has 2 aliphatic rings. The van der Waals surface area contributed by atoms with Crippen molar-refractivity contribution in [1.82, 2.24) is 14.8 Å². The Kier molecular flexibility index (Phi) is 5.25. The fourth-order valence-electron chi connectivity index (χ4n) is 3.71. The molecule has 0 saturated carbocycles. The van der Waals surface area contributed by atoms with Gasteiger partial charge in [-0.05, 0) is 31.5 Å². The first kappa shape index (κ1) is 16.4. The number of rotatable bonds is 5. The second-order valence-electron chi connectivity index (χ2n) is 6.37. The number of pyridine rings is 1. The van der Waals surface area contributed by atoms with E-state index in [0.29, 0.717) is 6.54 Å². The molecular weight excluding hydrogens is 294 g/mol. The van der Waals surface area contributed by atoms with Gasteiger partial charge in [0.15, 0.2) is 0 Å². The molecule has 1 aromatic rings. The Balaban J connectivity index is 1.72. The summed E-state index contributed by atoms with van der Waals surface area (Å²) in [5, 5.41) is 0. The molecule has 0 N–H and O–H groups in total. The summed E-state index contributed by atoms with van der Waals surface area (Å²) >= 11 is 0. The Morgan fingerprint density at radius 3 is 3.17 bits per heavy atom. The van der Waals surface area contributed by atoms with Crippen molar-refractivity contribution >= 4 is 5.91 Å². The van der Waals surface area contributed by atoms with Gasteiger partial charge in [-0.3, -0.25) is 14.7 Å². The topological polar surface area (TPSA) is 54.9 Å². The van der Waals surface area contributed by atoms with Crippen molar-refractivity contribution in [1.29, 1.82) is 0 Å². The SMILES string of the molecule is COCC(=O)N1C[C@@H](N(C)Cc2cccnc2)[C@H]2OCCC[C@H]21. The third-order valence-electron chi connectivity index (χ3n) is 4.81. The van der Waals surface area contributed by atoms with Gasteiger partial charge >= 0.3 is 0 Å². The number of hydrogen-bond acceptors (Lipinski definition) is 5. The molecule has 2 saturated heterocycles. The van der Waals surface area contributed by atoms with E-state index in [2.05, 4.69) is 23.0 Å². The molecule has 3 atom stereocenters. The van der Waals surface area contributed by atoms with Crippen molar-refractivity contribution in [3.63, 3.8) is 0 Å². The summed E-state index contributed by atoms with van der Waals surface area (Å²) in [5.41, 5.74) is 1.17. The van der Waals surface area contributed by atoms with Gasteiger partial charge in [0.1, 0.15) is 6.61 Å². The molecule has 0 spiro atoms. The summed E-state index contributed by atoms with van der Waals surface area (Å²) in [4.78, 5) is 20.8. The van der Waals surface area contributed by atoms with Gasteiger partial charge in [-0.1, -0.05) is 6.07 Å². The van der Waals surface area contributed by atoms with Crippen LogP contribution in [0, 0.1) is 0 Å². The zero-order chi connectivity index (χ0) is 16.2. The maximum Gasteiger partial charge on any atom is 0.248 e. The van der Waals surface area contributed by atoms with E-state index in [1.54, 1.807) is 13.3 Å². The van der Waals surface area contributed by atoms with Gasteiger partial charge in [0.25, 0.3) is 0 Å². The number of methoxy groups -OCH3 is 1. The third kappa shape index (κ3) is 3.54. The molecule has 6 heteroatoms. The molecule has 2 aliphatic heterocycles. The van der Waals surface area contributed by atoms with Gasteiger partial charge in [0.2, 0.25) is 5.91 Å². The zero-order valence-electron chi connectivity index (χ0n) is 13.9. The van der Waals surface area contributed by atoms with Crippen LogP contribution in [0.2, 0.25) is 0 Å². The summed E-state index contributed by atoms with van der Waals surface area (Å²) in [5.74, 6) is 0.0604. The van der Waals surface area contributed by atoms with Crippen LogP contribution in [0.4, 0.5) is 0 Å². The predicted octanol–water partition coefficient (Wildman–Crippen LogP) is 0.918. The Labute approximate surface area is 137 Å². The number of hydrogen-bond donors (Lipinski definition) is 0. The number of amides is 1. The lowest BCUT2D eigenvalue weighted by Crippen LogP contribution is -2.46. The van der Waals surface area contributed by atoms with Crippen molar-refractivity contribution in [3.05, 3.63) is 30.1 Å². The van der Waals surface area contributed by atoms with Crippen molar-refractivity contribution in [2.45, 2.75) is 37.6 Å². The minimum atomic E-state index is 0.0604. The molecular formula is C17H25N3O3. The lowest BCUT2D eigenvalue weighted by molar-refractivity contribution is -0.138. The van der Waals surface area contributed by atoms with Gasteiger partial charge in [-0.2, -0.15) is 0 Å². The van der Waals surface area contributed by atoms with Crippen LogP contribution in [0.3, 0.4) is 0 Å². The number of likely N-dealkylation sites (tertiary alicyclic amines) is 1. The molecule has 1 amide bonds. The summed E-state index contributed by atoms with van der Waals surface area (Å²) in [6.07, 6.45) is 5.78. The maximum atomic E-state index is 12.3. The number of carbonyl (C=O) groups is 1. The fourth-order valence-corrected chi connectivity index (χ4v) is 3.71. The molecule has 3 heterocycles. The summed E-state index contributed by atoms with van der Waals surface area (Å²) in [6, 6.07) is 4.41. The number of ether oxygens (including phenoxy) is 2. The van der Waals surface area contributed by atoms with E-state index in [-0.39, 0.29) is 30.7 Å². The molecule has 0 aromatic carbocycles. The second kappa shape index (κ2) is 7.38. The molecule has 23 heavy (non-hydrogen) atoms. The number of aromatic nitrogens is 1. The van der Waals surface area contributed by atoms with Crippen LogP contribution in [-0.4, -0.2) is 72.8 Å². The minimum Gasteiger partial charge on any atom is -0.375 e. The molecule has 0 unspecified atom stereocenters. The van der Waals surface area contributed by atoms with Crippen molar-refractivity contribution in [2.24, 2.45) is 0 Å². The molecule has 1 aromatic heterocycles. The summed E-state index contributed by atoms with van der Waals surface area (Å²) < 4.78 is 11.1. The van der Waals surface area contributed by atoms with Crippen LogP contribution in [0.5, 0.6) is 0 Å². The first-order valence-electron chi connectivity index (χ1n) is 8.20. The molecule has 126 valence electrons. The van der Waals surface area contributed by atoms with E-state index in [1.807, 2.05) is 17.2 Å². The van der Waals surface area contributed by atoms with Gasteiger partial charge in [-0.25, -0.2) is 0 Å². The summed E-state index contributed by atoms with van der Waals surface area (Å²) in [7, 11) is 3.66. The average molecular weight is 319 g/mol. The highest BCUT2D eigenvalue weighted by Crippen LogP contribution is 2.31. The quantitative estimate of drug-likeness (QED) is 0.808. The minimum absolute atomic E-state index is 0.0604. The molecule has 2 fully saturated rings. The standard InChI is InChI=1S/C17H25N3O3/c1-19(10-13-5-3-7-18-9-13)15-11-20(16(21)12-22-2)14-6-4-8-23-17(14)15/h3,5,7,9,14-15,17H,4,6,8,10-12H2,1-2H3/t14-,15-,17+/m1/s1. The lowest BCUT2D eigenvalue weighted by Gasteiger charge is -2.34. The predicted molar refractivity (Wildman–Crippen MR) is 85.8 cm³/mol. The fraction of sp³-hybridized carbons (Fsp3) is 0.647. The molecule has 3 rings (SSSR count). The Morgan fingerprint density at radius 1 is 1.57 bits per heavy atom. The monoisotopic (exact) mass is 319 g/mol. The largest absolute Gasteiger partial charge is 0.375 e. The Bertz CT molecular complexity index is 525. The van der Waals surface area contributed by atoms with Crippen LogP contribution < -0.4 is 0 Å². The normalized spacial score (nSPS) is 27.3. The number of carbonyl (C=O) groups excluding carboxylic acids is 1. The highest BCUT2D eigenvalue weighted by atomic mass is 16.5. The van der Waals surface area contributed by atoms with E-state index in [0.717, 1.165) is 26.0 Å². The van der Waals surface area contributed by atoms with Gasteiger partial charge in [0.05, 0.1) is 18.2 Å². The molecule has 0 bridgehead atoms. The van der Waals surface area contributed by atoms with E-state index < -0.39 is 0 Å². The van der Waals surface area contributed by atoms with Crippen molar-refractivity contribution < 1.29 is 14.3 Å². The van der Waals surface area contributed by atoms with Crippen LogP contribution in [-0.2, 0) is 20.8 Å². The Morgan fingerprint density at radius 2 is 2.43 bits per heavy atom. The average Bonchev–Trinajstić information content (AvgIpc) is 2.96. The number of likely N-dealkylation sites (N-methyl/N-ethyl adjacent to an activating group) is 1. The van der Waals surface area contributed by atoms with E-state index in [9.17, 15) is 4.79 Å². The number of nitrogens with zero attached hydrogens (tertiary/aromatic N) is 3. The zero-order valence-corrected chi connectivity index (χ0v) is 13.9. The summed E-state index contributed by atoms with van der Waals surface area (Å²) in [6.45, 7) is 2.43. The van der Waals surface area contributed by atoms with Crippen LogP contribution in [0.15, 0.2) is 24.5 Å². The van der Waals surface area contributed by atoms with Gasteiger partial charge in [0, 0.05) is 39.2 Å². The highest BCUT2D eigenvalue weighted by Gasteiger charge is 2.47. The van der Waals surface area contributed by atoms with E-state index in [4.69, 9.17) is 9.47 Å². The lowest BCUT2D eigenvalue weighted by atomic mass is 10.00. The van der Waals surface area contributed by atoms with E-state index >= 15 is 0 Å². The highest BCUT2D eigenvalue weighted by molar-refractivity contribution is 5.78. The molecule has 0 aliphatic carbocycles. The first-order chi connectivity index (χ1) is 11.2. The van der Waals surface area contributed by atoms with Crippen LogP contribution in [0.1, 0.15) is 18.4 Å². The van der Waals surface area contributed by atoms with E-state index in [1.165, 1.54) is 5.56 Å². The first-order valence-corrected chi connectivity index (χ1v) is 8.20. The molecule has 0 radical (unpaired) electrons. The van der Waals surface area contributed by atoms with Crippen LogP contribution >= 0.6 is 0 Å².